The third-order valence-corrected chi connectivity index (χ3v) is 4.59. The lowest BCUT2D eigenvalue weighted by Gasteiger charge is -2.20. The van der Waals surface area contributed by atoms with Gasteiger partial charge in [0.1, 0.15) is 0 Å². The summed E-state index contributed by atoms with van der Waals surface area (Å²) in [6, 6.07) is 6.37. The Morgan fingerprint density at radius 3 is 2.11 bits per heavy atom. The van der Waals surface area contributed by atoms with Gasteiger partial charge in [0.05, 0.1) is 5.56 Å². The predicted molar refractivity (Wildman–Crippen MR) is 112 cm³/mol. The lowest BCUT2D eigenvalue weighted by Crippen LogP contribution is -2.24. The molecule has 0 aliphatic rings. The number of nitrogens with one attached hydrogen (secondary N) is 2. The first kappa shape index (κ1) is 20.9. The average molecular weight is 369 g/mol. The van der Waals surface area contributed by atoms with Crippen LogP contribution in [-0.4, -0.2) is 22.4 Å². The number of rotatable bonds is 9. The van der Waals surface area contributed by atoms with Crippen LogP contribution in [0.5, 0.6) is 0 Å². The summed E-state index contributed by atoms with van der Waals surface area (Å²) >= 11 is 0. The quantitative estimate of drug-likeness (QED) is 0.583. The number of aromatic nitrogens is 2. The number of nitrogens with zero attached hydrogens (tertiary/aromatic N) is 2. The van der Waals surface area contributed by atoms with Gasteiger partial charge in [-0.1, -0.05) is 65.7 Å². The molecule has 0 unspecified atom stereocenters. The molecule has 0 atom stereocenters. The van der Waals surface area contributed by atoms with E-state index in [2.05, 4.69) is 73.4 Å². The SMILES string of the molecule is CCCCCNC(=O)c1cnc(Nc2c(C(C)C)cccc2C(C)C)nc1. The fraction of sp³-hybridized carbons (Fsp3) is 0.500. The Morgan fingerprint density at radius 2 is 1.59 bits per heavy atom. The number of carbonyl (C=O) groups is 1. The Kier molecular flexibility index (Phi) is 7.77. The molecule has 0 saturated carbocycles. The molecule has 2 aromatic rings. The zero-order chi connectivity index (χ0) is 19.8. The van der Waals surface area contributed by atoms with Crippen LogP contribution in [0.25, 0.3) is 0 Å². The summed E-state index contributed by atoms with van der Waals surface area (Å²) in [5, 5.41) is 6.29. The van der Waals surface area contributed by atoms with E-state index in [1.54, 1.807) is 12.4 Å². The standard InChI is InChI=1S/C22H32N4O/c1-6-7-8-12-23-21(27)17-13-24-22(25-14-17)26-20-18(15(2)3)10-9-11-19(20)16(4)5/h9-11,13-16H,6-8,12H2,1-5H3,(H,23,27)(H,24,25,26). The van der Waals surface area contributed by atoms with Crippen molar-refractivity contribution in [3.63, 3.8) is 0 Å². The molecule has 0 aliphatic heterocycles. The molecule has 1 heterocycles. The molecule has 0 radical (unpaired) electrons. The van der Waals surface area contributed by atoms with E-state index >= 15 is 0 Å². The molecular weight excluding hydrogens is 336 g/mol. The molecule has 0 fully saturated rings. The molecule has 0 spiro atoms. The van der Waals surface area contributed by atoms with Crippen molar-refractivity contribution in [1.29, 1.82) is 0 Å². The van der Waals surface area contributed by atoms with E-state index in [4.69, 9.17) is 0 Å². The van der Waals surface area contributed by atoms with E-state index in [1.165, 1.54) is 11.1 Å². The van der Waals surface area contributed by atoms with Gasteiger partial charge in [-0.3, -0.25) is 4.79 Å². The maximum absolute atomic E-state index is 12.2. The minimum absolute atomic E-state index is 0.122. The average Bonchev–Trinajstić information content (AvgIpc) is 2.65. The summed E-state index contributed by atoms with van der Waals surface area (Å²) < 4.78 is 0. The number of hydrogen-bond acceptors (Lipinski definition) is 4. The summed E-state index contributed by atoms with van der Waals surface area (Å²) in [6.07, 6.45) is 6.41. The number of carbonyl (C=O) groups excluding carboxylic acids is 1. The second-order valence-electron chi connectivity index (χ2n) is 7.50. The third-order valence-electron chi connectivity index (χ3n) is 4.59. The van der Waals surface area contributed by atoms with Gasteiger partial charge in [-0.2, -0.15) is 0 Å². The van der Waals surface area contributed by atoms with Crippen molar-refractivity contribution in [2.24, 2.45) is 0 Å². The van der Waals surface area contributed by atoms with Crippen LogP contribution < -0.4 is 10.6 Å². The zero-order valence-electron chi connectivity index (χ0n) is 17.2. The van der Waals surface area contributed by atoms with Gasteiger partial charge in [-0.25, -0.2) is 9.97 Å². The first-order valence-electron chi connectivity index (χ1n) is 9.94. The minimum Gasteiger partial charge on any atom is -0.352 e. The van der Waals surface area contributed by atoms with Crippen LogP contribution in [0.1, 0.15) is 87.2 Å². The second-order valence-corrected chi connectivity index (χ2v) is 7.50. The number of amides is 1. The van der Waals surface area contributed by atoms with E-state index in [0.717, 1.165) is 24.9 Å². The first-order chi connectivity index (χ1) is 12.9. The molecule has 0 aliphatic carbocycles. The monoisotopic (exact) mass is 368 g/mol. The van der Waals surface area contributed by atoms with Crippen molar-refractivity contribution in [2.75, 3.05) is 11.9 Å². The van der Waals surface area contributed by atoms with Crippen molar-refractivity contribution >= 4 is 17.5 Å². The van der Waals surface area contributed by atoms with Gasteiger partial charge in [-0.15, -0.1) is 0 Å². The van der Waals surface area contributed by atoms with Crippen LogP contribution in [0, 0.1) is 0 Å². The summed E-state index contributed by atoms with van der Waals surface area (Å²) in [6.45, 7) is 11.5. The lowest BCUT2D eigenvalue weighted by molar-refractivity contribution is 0.0952. The van der Waals surface area contributed by atoms with Crippen LogP contribution >= 0.6 is 0 Å². The van der Waals surface area contributed by atoms with Gasteiger partial charge in [-0.05, 0) is 29.4 Å². The van der Waals surface area contributed by atoms with Crippen LogP contribution in [0.15, 0.2) is 30.6 Å². The van der Waals surface area contributed by atoms with Gasteiger partial charge >= 0.3 is 0 Å². The highest BCUT2D eigenvalue weighted by molar-refractivity contribution is 5.93. The van der Waals surface area contributed by atoms with E-state index in [-0.39, 0.29) is 5.91 Å². The maximum atomic E-state index is 12.2. The topological polar surface area (TPSA) is 66.9 Å². The normalized spacial score (nSPS) is 11.1. The van der Waals surface area contributed by atoms with E-state index in [0.29, 0.717) is 29.9 Å². The Bertz CT molecular complexity index is 712. The molecule has 1 aromatic heterocycles. The van der Waals surface area contributed by atoms with Gasteiger partial charge in [0.15, 0.2) is 0 Å². The Balaban J connectivity index is 2.14. The molecule has 0 bridgehead atoms. The highest BCUT2D eigenvalue weighted by Gasteiger charge is 2.15. The summed E-state index contributed by atoms with van der Waals surface area (Å²) in [7, 11) is 0. The van der Waals surface area contributed by atoms with E-state index < -0.39 is 0 Å². The van der Waals surface area contributed by atoms with Crippen molar-refractivity contribution in [2.45, 2.75) is 65.7 Å². The number of hydrogen-bond donors (Lipinski definition) is 2. The zero-order valence-corrected chi connectivity index (χ0v) is 17.2. The Labute approximate surface area is 163 Å². The predicted octanol–water partition coefficient (Wildman–Crippen LogP) is 5.39. The summed E-state index contributed by atoms with van der Waals surface area (Å²) in [5.41, 5.74) is 4.03. The first-order valence-corrected chi connectivity index (χ1v) is 9.94. The molecule has 2 N–H and O–H groups in total. The highest BCUT2D eigenvalue weighted by Crippen LogP contribution is 2.33. The molecule has 1 aromatic carbocycles. The molecule has 27 heavy (non-hydrogen) atoms. The number of benzene rings is 1. The molecule has 0 saturated heterocycles. The van der Waals surface area contributed by atoms with Gasteiger partial charge < -0.3 is 10.6 Å². The third kappa shape index (κ3) is 5.78. The fourth-order valence-electron chi connectivity index (χ4n) is 3.00. The molecule has 5 heteroatoms. The Hall–Kier alpha value is -2.43. The van der Waals surface area contributed by atoms with Crippen LogP contribution in [0.3, 0.4) is 0 Å². The largest absolute Gasteiger partial charge is 0.352 e. The molecular formula is C22H32N4O. The van der Waals surface area contributed by atoms with Crippen molar-refractivity contribution < 1.29 is 4.79 Å². The summed E-state index contributed by atoms with van der Waals surface area (Å²) in [5.74, 6) is 1.16. The molecule has 5 nitrogen and oxygen atoms in total. The second kappa shape index (κ2) is 10.0. The van der Waals surface area contributed by atoms with Crippen molar-refractivity contribution in [3.8, 4) is 0 Å². The number of anilines is 2. The van der Waals surface area contributed by atoms with Crippen LogP contribution in [0.2, 0.25) is 0 Å². The molecule has 2 rings (SSSR count). The highest BCUT2D eigenvalue weighted by atomic mass is 16.1. The van der Waals surface area contributed by atoms with Crippen LogP contribution in [-0.2, 0) is 0 Å². The summed E-state index contributed by atoms with van der Waals surface area (Å²) in [4.78, 5) is 20.9. The van der Waals surface area contributed by atoms with Gasteiger partial charge in [0.2, 0.25) is 5.95 Å². The number of unbranched alkanes of at least 4 members (excludes halogenated alkanes) is 2. The van der Waals surface area contributed by atoms with Crippen molar-refractivity contribution in [3.05, 3.63) is 47.3 Å². The van der Waals surface area contributed by atoms with Gasteiger partial charge in [0.25, 0.3) is 5.91 Å². The van der Waals surface area contributed by atoms with Gasteiger partial charge in [0, 0.05) is 24.6 Å². The lowest BCUT2D eigenvalue weighted by atomic mass is 9.93. The van der Waals surface area contributed by atoms with Crippen LogP contribution in [0.4, 0.5) is 11.6 Å². The van der Waals surface area contributed by atoms with Crippen molar-refractivity contribution in [1.82, 2.24) is 15.3 Å². The smallest absolute Gasteiger partial charge is 0.254 e. The Morgan fingerprint density at radius 1 is 1.00 bits per heavy atom. The molecule has 1 amide bonds. The van der Waals surface area contributed by atoms with E-state index in [1.807, 2.05) is 0 Å². The van der Waals surface area contributed by atoms with E-state index in [9.17, 15) is 4.79 Å². The number of para-hydroxylation sites is 1. The maximum Gasteiger partial charge on any atom is 0.254 e. The minimum atomic E-state index is -0.122. The molecule has 146 valence electrons. The fourth-order valence-corrected chi connectivity index (χ4v) is 3.00.